The second-order valence-corrected chi connectivity index (χ2v) is 5.24. The van der Waals surface area contributed by atoms with E-state index >= 15 is 0 Å². The fraction of sp³-hybridized carbons (Fsp3) is 0.294. The van der Waals surface area contributed by atoms with E-state index in [1.807, 2.05) is 31.2 Å². The lowest BCUT2D eigenvalue weighted by molar-refractivity contribution is 0.0590. The highest BCUT2D eigenvalue weighted by Crippen LogP contribution is 2.35. The van der Waals surface area contributed by atoms with Gasteiger partial charge in [-0.2, -0.15) is 5.10 Å². The summed E-state index contributed by atoms with van der Waals surface area (Å²) in [6.45, 7) is 3.79. The number of ether oxygens (including phenoxy) is 2. The van der Waals surface area contributed by atoms with Crippen LogP contribution in [0.3, 0.4) is 0 Å². The van der Waals surface area contributed by atoms with Gasteiger partial charge in [-0.1, -0.05) is 25.1 Å². The molecule has 124 valence electrons. The van der Waals surface area contributed by atoms with Gasteiger partial charge in [0, 0.05) is 5.56 Å². The molecule has 3 rings (SSSR count). The van der Waals surface area contributed by atoms with Crippen LogP contribution in [0.4, 0.5) is 0 Å². The van der Waals surface area contributed by atoms with Crippen LogP contribution in [0.2, 0.25) is 0 Å². The van der Waals surface area contributed by atoms with Gasteiger partial charge in [-0.15, -0.1) is 10.2 Å². The van der Waals surface area contributed by atoms with Crippen LogP contribution >= 0.6 is 0 Å². The molecule has 0 radical (unpaired) electrons. The quantitative estimate of drug-likeness (QED) is 0.685. The Hall–Kier alpha value is -2.96. The van der Waals surface area contributed by atoms with Crippen molar-refractivity contribution in [2.45, 2.75) is 20.3 Å². The van der Waals surface area contributed by atoms with Crippen LogP contribution in [-0.2, 0) is 11.2 Å². The van der Waals surface area contributed by atoms with Crippen molar-refractivity contribution in [3.05, 3.63) is 41.3 Å². The number of carbonyl (C=O) groups excluding carboxylic acids is 1. The van der Waals surface area contributed by atoms with Gasteiger partial charge in [-0.25, -0.2) is 9.31 Å². The summed E-state index contributed by atoms with van der Waals surface area (Å²) in [4.78, 5) is 11.8. The SMILES string of the molecule is CCc1nn2c(C)c(C(=O)OC)nnc2c1-c1ccccc1OC. The van der Waals surface area contributed by atoms with Crippen molar-refractivity contribution in [2.75, 3.05) is 14.2 Å². The number of rotatable bonds is 4. The number of hydrogen-bond donors (Lipinski definition) is 0. The number of benzene rings is 1. The minimum absolute atomic E-state index is 0.154. The smallest absolute Gasteiger partial charge is 0.360 e. The maximum atomic E-state index is 11.8. The lowest BCUT2D eigenvalue weighted by Gasteiger charge is -2.08. The Labute approximate surface area is 139 Å². The normalized spacial score (nSPS) is 10.8. The lowest BCUT2D eigenvalue weighted by Crippen LogP contribution is -2.12. The van der Waals surface area contributed by atoms with E-state index in [2.05, 4.69) is 15.3 Å². The van der Waals surface area contributed by atoms with E-state index in [0.29, 0.717) is 17.8 Å². The predicted octanol–water partition coefficient (Wildman–Crippen LogP) is 2.46. The molecule has 0 unspecified atom stereocenters. The molecule has 0 atom stereocenters. The Bertz CT molecular complexity index is 918. The number of methoxy groups -OCH3 is 2. The summed E-state index contributed by atoms with van der Waals surface area (Å²) in [5, 5.41) is 12.9. The molecule has 0 N–H and O–H groups in total. The molecule has 1 aromatic carbocycles. The maximum absolute atomic E-state index is 11.8. The fourth-order valence-corrected chi connectivity index (χ4v) is 2.71. The Morgan fingerprint density at radius 3 is 2.62 bits per heavy atom. The van der Waals surface area contributed by atoms with Gasteiger partial charge in [-0.05, 0) is 19.4 Å². The molecule has 2 heterocycles. The van der Waals surface area contributed by atoms with E-state index < -0.39 is 5.97 Å². The number of aryl methyl sites for hydroxylation is 2. The highest BCUT2D eigenvalue weighted by atomic mass is 16.5. The molecule has 0 spiro atoms. The highest BCUT2D eigenvalue weighted by molar-refractivity contribution is 5.89. The van der Waals surface area contributed by atoms with Crippen molar-refractivity contribution in [1.29, 1.82) is 0 Å². The molecule has 0 aliphatic carbocycles. The van der Waals surface area contributed by atoms with E-state index in [0.717, 1.165) is 22.6 Å². The average Bonchev–Trinajstić information content (AvgIpc) is 3.00. The summed E-state index contributed by atoms with van der Waals surface area (Å²) < 4.78 is 11.9. The second-order valence-electron chi connectivity index (χ2n) is 5.24. The predicted molar refractivity (Wildman–Crippen MR) is 88.2 cm³/mol. The molecule has 0 amide bonds. The van der Waals surface area contributed by atoms with Crippen LogP contribution < -0.4 is 4.74 Å². The summed E-state index contributed by atoms with van der Waals surface area (Å²) in [6.07, 6.45) is 0.712. The molecule has 2 aromatic heterocycles. The number of esters is 1. The van der Waals surface area contributed by atoms with E-state index in [1.54, 1.807) is 18.5 Å². The molecule has 0 aliphatic heterocycles. The molecule has 24 heavy (non-hydrogen) atoms. The number of aromatic nitrogens is 4. The van der Waals surface area contributed by atoms with Crippen LogP contribution in [0.25, 0.3) is 16.8 Å². The fourth-order valence-electron chi connectivity index (χ4n) is 2.71. The van der Waals surface area contributed by atoms with Gasteiger partial charge in [0.1, 0.15) is 5.75 Å². The first-order valence-electron chi connectivity index (χ1n) is 7.58. The first-order chi connectivity index (χ1) is 11.6. The molecule has 0 saturated heterocycles. The summed E-state index contributed by atoms with van der Waals surface area (Å²) in [5.41, 5.74) is 3.94. The summed E-state index contributed by atoms with van der Waals surface area (Å²) in [5.74, 6) is 0.202. The van der Waals surface area contributed by atoms with Gasteiger partial charge in [0.05, 0.1) is 31.2 Å². The standard InChI is InChI=1S/C17H18N4O3/c1-5-12-14(11-8-6-7-9-13(11)23-3)16-19-18-15(17(22)24-4)10(2)21(16)20-12/h6-9H,5H2,1-4H3. The summed E-state index contributed by atoms with van der Waals surface area (Å²) in [7, 11) is 2.94. The van der Waals surface area contributed by atoms with Crippen LogP contribution in [0.15, 0.2) is 24.3 Å². The Kier molecular flexibility index (Phi) is 4.16. The second kappa shape index (κ2) is 6.27. The van der Waals surface area contributed by atoms with Gasteiger partial charge in [0.25, 0.3) is 0 Å². The van der Waals surface area contributed by atoms with Crippen molar-refractivity contribution >= 4 is 11.6 Å². The monoisotopic (exact) mass is 326 g/mol. The van der Waals surface area contributed by atoms with Crippen molar-refractivity contribution < 1.29 is 14.3 Å². The summed E-state index contributed by atoms with van der Waals surface area (Å²) in [6, 6.07) is 7.69. The number of para-hydroxylation sites is 1. The zero-order valence-electron chi connectivity index (χ0n) is 14.0. The van der Waals surface area contributed by atoms with Crippen molar-refractivity contribution in [3.63, 3.8) is 0 Å². The van der Waals surface area contributed by atoms with Gasteiger partial charge < -0.3 is 9.47 Å². The number of hydrogen-bond acceptors (Lipinski definition) is 6. The third-order valence-electron chi connectivity index (χ3n) is 3.93. The van der Waals surface area contributed by atoms with E-state index in [1.165, 1.54) is 7.11 Å². The number of carbonyl (C=O) groups is 1. The Balaban J connectivity index is 2.33. The average molecular weight is 326 g/mol. The van der Waals surface area contributed by atoms with E-state index in [9.17, 15) is 4.79 Å². The van der Waals surface area contributed by atoms with Gasteiger partial charge in [-0.3, -0.25) is 0 Å². The van der Waals surface area contributed by atoms with Crippen molar-refractivity contribution in [1.82, 2.24) is 19.8 Å². The van der Waals surface area contributed by atoms with Crippen LogP contribution in [0, 0.1) is 6.92 Å². The zero-order valence-corrected chi connectivity index (χ0v) is 14.0. The molecule has 0 aliphatic rings. The van der Waals surface area contributed by atoms with Gasteiger partial charge >= 0.3 is 5.97 Å². The van der Waals surface area contributed by atoms with Crippen LogP contribution in [-0.4, -0.2) is 40.0 Å². The van der Waals surface area contributed by atoms with Gasteiger partial charge in [0.15, 0.2) is 11.3 Å². The van der Waals surface area contributed by atoms with Crippen LogP contribution in [0.5, 0.6) is 5.75 Å². The Morgan fingerprint density at radius 2 is 1.96 bits per heavy atom. The molecule has 7 nitrogen and oxygen atoms in total. The first-order valence-corrected chi connectivity index (χ1v) is 7.58. The largest absolute Gasteiger partial charge is 0.496 e. The molecule has 0 saturated carbocycles. The molecule has 7 heteroatoms. The zero-order chi connectivity index (χ0) is 17.3. The maximum Gasteiger partial charge on any atom is 0.360 e. The highest BCUT2D eigenvalue weighted by Gasteiger charge is 2.22. The van der Waals surface area contributed by atoms with Gasteiger partial charge in [0.2, 0.25) is 0 Å². The third-order valence-corrected chi connectivity index (χ3v) is 3.93. The number of fused-ring (bicyclic) bond motifs is 1. The van der Waals surface area contributed by atoms with Crippen molar-refractivity contribution in [3.8, 4) is 16.9 Å². The van der Waals surface area contributed by atoms with E-state index in [4.69, 9.17) is 9.47 Å². The van der Waals surface area contributed by atoms with E-state index in [-0.39, 0.29) is 5.69 Å². The molecule has 3 aromatic rings. The van der Waals surface area contributed by atoms with Crippen molar-refractivity contribution in [2.24, 2.45) is 0 Å². The first kappa shape index (κ1) is 15.9. The lowest BCUT2D eigenvalue weighted by atomic mass is 10.0. The minimum atomic E-state index is -0.533. The minimum Gasteiger partial charge on any atom is -0.496 e. The van der Waals surface area contributed by atoms with Crippen LogP contribution in [0.1, 0.15) is 28.8 Å². The topological polar surface area (TPSA) is 78.6 Å². The summed E-state index contributed by atoms with van der Waals surface area (Å²) >= 11 is 0. The number of nitrogens with zero attached hydrogens (tertiary/aromatic N) is 4. The molecule has 0 fully saturated rings. The molecular formula is C17H18N4O3. The third kappa shape index (κ3) is 2.38. The molecular weight excluding hydrogens is 308 g/mol. The Morgan fingerprint density at radius 1 is 1.21 bits per heavy atom. The molecule has 0 bridgehead atoms.